The molecule has 1 unspecified atom stereocenters. The number of hydrogen-bond donors (Lipinski definition) is 3. The molecule has 1 atom stereocenters. The van der Waals surface area contributed by atoms with E-state index in [2.05, 4.69) is 10.6 Å². The number of carbonyl (C=O) groups is 2. The molecule has 0 aliphatic carbocycles. The molecular weight excluding hydrogens is 256 g/mol. The lowest BCUT2D eigenvalue weighted by Crippen LogP contribution is -2.49. The quantitative estimate of drug-likeness (QED) is 0.630. The Morgan fingerprint density at radius 2 is 1.83 bits per heavy atom. The Kier molecular flexibility index (Phi) is 9.94. The van der Waals surface area contributed by atoms with Gasteiger partial charge in [-0.05, 0) is 26.7 Å². The number of carbonyl (C=O) groups excluding carboxylic acids is 1. The van der Waals surface area contributed by atoms with Gasteiger partial charge in [0.25, 0.3) is 0 Å². The van der Waals surface area contributed by atoms with Crippen LogP contribution in [0.4, 0.5) is 0 Å². The van der Waals surface area contributed by atoms with Crippen molar-refractivity contribution in [3.8, 4) is 0 Å². The molecular formula is C12H25ClN2O3. The normalized spacial score (nSPS) is 12.4. The van der Waals surface area contributed by atoms with Crippen molar-refractivity contribution in [2.45, 2.75) is 58.5 Å². The highest BCUT2D eigenvalue weighted by Gasteiger charge is 2.20. The number of aliphatic carboxylic acids is 1. The minimum Gasteiger partial charge on any atom is -0.480 e. The van der Waals surface area contributed by atoms with Crippen LogP contribution in [0.25, 0.3) is 0 Å². The van der Waals surface area contributed by atoms with Gasteiger partial charge in [0, 0.05) is 5.54 Å². The predicted molar refractivity (Wildman–Crippen MR) is 74.1 cm³/mol. The van der Waals surface area contributed by atoms with E-state index in [9.17, 15) is 9.59 Å². The van der Waals surface area contributed by atoms with E-state index in [0.717, 1.165) is 12.8 Å². The van der Waals surface area contributed by atoms with Gasteiger partial charge >= 0.3 is 5.97 Å². The van der Waals surface area contributed by atoms with Gasteiger partial charge in [0.2, 0.25) is 5.91 Å². The third-order valence-electron chi connectivity index (χ3n) is 2.75. The second-order valence-corrected chi connectivity index (χ2v) is 4.85. The summed E-state index contributed by atoms with van der Waals surface area (Å²) in [5.41, 5.74) is -0.248. The molecule has 0 aromatic rings. The Labute approximate surface area is 115 Å². The highest BCUT2D eigenvalue weighted by Crippen LogP contribution is 2.06. The maximum atomic E-state index is 11.6. The zero-order valence-electron chi connectivity index (χ0n) is 11.6. The topological polar surface area (TPSA) is 78.4 Å². The Hall–Kier alpha value is -0.810. The number of rotatable bonds is 8. The lowest BCUT2D eigenvalue weighted by atomic mass is 10.0. The van der Waals surface area contributed by atoms with Gasteiger partial charge in [0.15, 0.2) is 0 Å². The van der Waals surface area contributed by atoms with Crippen LogP contribution in [0.15, 0.2) is 0 Å². The van der Waals surface area contributed by atoms with Gasteiger partial charge < -0.3 is 10.4 Å². The molecule has 0 aliphatic heterocycles. The van der Waals surface area contributed by atoms with Crippen molar-refractivity contribution in [2.24, 2.45) is 0 Å². The molecule has 3 N–H and O–H groups in total. The maximum absolute atomic E-state index is 11.6. The van der Waals surface area contributed by atoms with Crippen LogP contribution >= 0.6 is 12.4 Å². The van der Waals surface area contributed by atoms with E-state index >= 15 is 0 Å². The molecule has 5 nitrogen and oxygen atoms in total. The second-order valence-electron chi connectivity index (χ2n) is 4.85. The minimum absolute atomic E-state index is 0. The SMILES string of the molecule is CCCC(NCC(=O)NC(C)(C)CC)C(=O)O.Cl. The first-order valence-electron chi connectivity index (χ1n) is 6.09. The highest BCUT2D eigenvalue weighted by molar-refractivity contribution is 5.85. The van der Waals surface area contributed by atoms with Crippen LogP contribution < -0.4 is 10.6 Å². The van der Waals surface area contributed by atoms with E-state index in [1.54, 1.807) is 0 Å². The Morgan fingerprint density at radius 3 is 2.22 bits per heavy atom. The van der Waals surface area contributed by atoms with Crippen molar-refractivity contribution in [2.75, 3.05) is 6.54 Å². The van der Waals surface area contributed by atoms with Crippen LogP contribution in [0.3, 0.4) is 0 Å². The molecule has 0 saturated carbocycles. The molecule has 0 fully saturated rings. The van der Waals surface area contributed by atoms with Gasteiger partial charge in [0.05, 0.1) is 6.54 Å². The van der Waals surface area contributed by atoms with Gasteiger partial charge in [-0.3, -0.25) is 14.9 Å². The summed E-state index contributed by atoms with van der Waals surface area (Å²) < 4.78 is 0. The molecule has 0 spiro atoms. The van der Waals surface area contributed by atoms with E-state index in [1.807, 2.05) is 27.7 Å². The lowest BCUT2D eigenvalue weighted by molar-refractivity contribution is -0.139. The summed E-state index contributed by atoms with van der Waals surface area (Å²) >= 11 is 0. The molecule has 0 rings (SSSR count). The van der Waals surface area contributed by atoms with Gasteiger partial charge in [-0.15, -0.1) is 12.4 Å². The predicted octanol–water partition coefficient (Wildman–Crippen LogP) is 1.56. The molecule has 0 aromatic heterocycles. The van der Waals surface area contributed by atoms with Crippen LogP contribution in [-0.4, -0.2) is 35.1 Å². The third kappa shape index (κ3) is 8.31. The first-order valence-corrected chi connectivity index (χ1v) is 6.09. The van der Waals surface area contributed by atoms with E-state index in [4.69, 9.17) is 5.11 Å². The number of hydrogen-bond acceptors (Lipinski definition) is 3. The van der Waals surface area contributed by atoms with Crippen LogP contribution in [0, 0.1) is 0 Å². The fourth-order valence-electron chi connectivity index (χ4n) is 1.33. The third-order valence-corrected chi connectivity index (χ3v) is 2.75. The molecule has 6 heteroatoms. The van der Waals surface area contributed by atoms with Gasteiger partial charge in [0.1, 0.15) is 6.04 Å². The highest BCUT2D eigenvalue weighted by atomic mass is 35.5. The number of halogens is 1. The summed E-state index contributed by atoms with van der Waals surface area (Å²) in [7, 11) is 0. The largest absolute Gasteiger partial charge is 0.480 e. The first-order chi connectivity index (χ1) is 7.82. The van der Waals surface area contributed by atoms with Gasteiger partial charge in [-0.25, -0.2) is 0 Å². The van der Waals surface area contributed by atoms with Crippen molar-refractivity contribution >= 4 is 24.3 Å². The van der Waals surface area contributed by atoms with Crippen LogP contribution in [0.5, 0.6) is 0 Å². The summed E-state index contributed by atoms with van der Waals surface area (Å²) in [6.07, 6.45) is 2.13. The van der Waals surface area contributed by atoms with E-state index < -0.39 is 12.0 Å². The van der Waals surface area contributed by atoms with Crippen LogP contribution in [-0.2, 0) is 9.59 Å². The van der Waals surface area contributed by atoms with Gasteiger partial charge in [-0.2, -0.15) is 0 Å². The van der Waals surface area contributed by atoms with Crippen molar-refractivity contribution in [1.29, 1.82) is 0 Å². The molecule has 0 heterocycles. The van der Waals surface area contributed by atoms with Gasteiger partial charge in [-0.1, -0.05) is 20.3 Å². The molecule has 0 saturated heterocycles. The van der Waals surface area contributed by atoms with E-state index in [1.165, 1.54) is 0 Å². The van der Waals surface area contributed by atoms with E-state index in [-0.39, 0.29) is 30.4 Å². The first kappa shape index (κ1) is 19.5. The summed E-state index contributed by atoms with van der Waals surface area (Å²) in [5.74, 6) is -1.08. The Morgan fingerprint density at radius 1 is 1.28 bits per heavy atom. The average Bonchev–Trinajstić information content (AvgIpc) is 2.23. The smallest absolute Gasteiger partial charge is 0.320 e. The average molecular weight is 281 g/mol. The summed E-state index contributed by atoms with van der Waals surface area (Å²) in [5, 5.41) is 14.5. The number of carboxylic acid groups (broad SMARTS) is 1. The van der Waals surface area contributed by atoms with Crippen LogP contribution in [0.1, 0.15) is 47.0 Å². The molecule has 0 bridgehead atoms. The molecule has 0 aromatic carbocycles. The van der Waals surface area contributed by atoms with Crippen molar-refractivity contribution in [3.05, 3.63) is 0 Å². The fraction of sp³-hybridized carbons (Fsp3) is 0.833. The summed E-state index contributed by atoms with van der Waals surface area (Å²) in [6, 6.07) is -0.643. The molecule has 18 heavy (non-hydrogen) atoms. The molecule has 108 valence electrons. The van der Waals surface area contributed by atoms with E-state index in [0.29, 0.717) is 6.42 Å². The standard InChI is InChI=1S/C12H24N2O3.ClH/c1-5-7-9(11(16)17)13-8-10(15)14-12(3,4)6-2;/h9,13H,5-8H2,1-4H3,(H,14,15)(H,16,17);1H. The van der Waals surface area contributed by atoms with Crippen molar-refractivity contribution in [3.63, 3.8) is 0 Å². The molecule has 0 radical (unpaired) electrons. The number of carboxylic acids is 1. The minimum atomic E-state index is -0.908. The zero-order chi connectivity index (χ0) is 13.5. The monoisotopic (exact) mass is 280 g/mol. The zero-order valence-corrected chi connectivity index (χ0v) is 12.4. The Balaban J connectivity index is 0. The fourth-order valence-corrected chi connectivity index (χ4v) is 1.33. The maximum Gasteiger partial charge on any atom is 0.320 e. The second kappa shape index (κ2) is 9.16. The number of nitrogens with one attached hydrogen (secondary N) is 2. The lowest BCUT2D eigenvalue weighted by Gasteiger charge is -2.25. The molecule has 0 aliphatic rings. The van der Waals surface area contributed by atoms with Crippen molar-refractivity contribution < 1.29 is 14.7 Å². The summed E-state index contributed by atoms with van der Waals surface area (Å²) in [4.78, 5) is 22.4. The summed E-state index contributed by atoms with van der Waals surface area (Å²) in [6.45, 7) is 7.82. The Bertz CT molecular complexity index is 270. The molecule has 1 amide bonds. The van der Waals surface area contributed by atoms with Crippen LogP contribution in [0.2, 0.25) is 0 Å². The number of amides is 1. The van der Waals surface area contributed by atoms with Crippen molar-refractivity contribution in [1.82, 2.24) is 10.6 Å².